The van der Waals surface area contributed by atoms with Crippen LogP contribution in [0.2, 0.25) is 0 Å². The van der Waals surface area contributed by atoms with Gasteiger partial charge in [-0.05, 0) is 81.2 Å². The number of halogens is 2. The van der Waals surface area contributed by atoms with Gasteiger partial charge >= 0.3 is 7.40 Å². The second kappa shape index (κ2) is 8.51. The van der Waals surface area contributed by atoms with E-state index in [1.807, 2.05) is 24.3 Å². The second-order valence-corrected chi connectivity index (χ2v) is 8.64. The third-order valence-corrected chi connectivity index (χ3v) is 6.72. The van der Waals surface area contributed by atoms with Gasteiger partial charge in [0.05, 0.1) is 5.70 Å². The minimum atomic E-state index is -2.63. The Balaban J connectivity index is 1.56. The Morgan fingerprint density at radius 2 is 1.40 bits per heavy atom. The Labute approximate surface area is 202 Å². The SMILES string of the molecule is Cc1c2ccccc2c(-c2ccc(/C(=C3/C=CC=N3)c3cccn3B(F)F)cc2)c2ccccc12. The van der Waals surface area contributed by atoms with Crippen molar-refractivity contribution in [3.05, 3.63) is 126 Å². The van der Waals surface area contributed by atoms with Crippen LogP contribution in [0.5, 0.6) is 0 Å². The monoisotopic (exact) mass is 458 g/mol. The summed E-state index contributed by atoms with van der Waals surface area (Å²) in [7, 11) is -2.63. The molecule has 35 heavy (non-hydrogen) atoms. The number of benzene rings is 4. The molecule has 5 aromatic rings. The maximum absolute atomic E-state index is 13.7. The van der Waals surface area contributed by atoms with Gasteiger partial charge in [0, 0.05) is 17.5 Å². The summed E-state index contributed by atoms with van der Waals surface area (Å²) in [5, 5.41) is 4.86. The first-order valence-corrected chi connectivity index (χ1v) is 11.5. The predicted molar refractivity (Wildman–Crippen MR) is 143 cm³/mol. The minimum Gasteiger partial charge on any atom is -0.332 e. The zero-order valence-corrected chi connectivity index (χ0v) is 19.1. The standard InChI is InChI=1S/C30H21BF2N2/c1-20-23-8-2-4-10-25(23)29(26-11-5-3-9-24(20)26)21-14-16-22(17-15-21)30(27-12-6-18-34-27)28-13-7-19-35(28)31(32)33/h2-19H,1H3/b30-27+. The Hall–Kier alpha value is -4.25. The van der Waals surface area contributed by atoms with E-state index in [9.17, 15) is 8.63 Å². The summed E-state index contributed by atoms with van der Waals surface area (Å²) in [4.78, 5) is 4.43. The molecule has 0 aliphatic carbocycles. The molecule has 0 spiro atoms. The summed E-state index contributed by atoms with van der Waals surface area (Å²) in [6.07, 6.45) is 6.77. The average molecular weight is 458 g/mol. The highest BCUT2D eigenvalue weighted by Gasteiger charge is 2.24. The van der Waals surface area contributed by atoms with Crippen molar-refractivity contribution in [2.75, 3.05) is 0 Å². The zero-order valence-electron chi connectivity index (χ0n) is 19.1. The molecule has 2 heterocycles. The van der Waals surface area contributed by atoms with E-state index >= 15 is 0 Å². The maximum atomic E-state index is 13.7. The summed E-state index contributed by atoms with van der Waals surface area (Å²) < 4.78 is 28.4. The number of hydrogen-bond donors (Lipinski definition) is 0. The Bertz CT molecular complexity index is 1600. The minimum absolute atomic E-state index is 0.442. The van der Waals surface area contributed by atoms with E-state index in [2.05, 4.69) is 72.6 Å². The van der Waals surface area contributed by atoms with Crippen LogP contribution < -0.4 is 0 Å². The topological polar surface area (TPSA) is 17.3 Å². The molecule has 168 valence electrons. The van der Waals surface area contributed by atoms with Gasteiger partial charge in [0.2, 0.25) is 0 Å². The fourth-order valence-electron chi connectivity index (χ4n) is 5.11. The van der Waals surface area contributed by atoms with Crippen molar-refractivity contribution in [1.29, 1.82) is 0 Å². The number of fused-ring (bicyclic) bond motifs is 2. The van der Waals surface area contributed by atoms with Crippen molar-refractivity contribution < 1.29 is 8.63 Å². The molecule has 0 radical (unpaired) electrons. The molecule has 1 aliphatic rings. The van der Waals surface area contributed by atoms with Gasteiger partial charge in [-0.25, -0.2) is 0 Å². The molecule has 0 saturated heterocycles. The van der Waals surface area contributed by atoms with Crippen molar-refractivity contribution in [1.82, 2.24) is 4.48 Å². The Morgan fingerprint density at radius 1 is 0.771 bits per heavy atom. The van der Waals surface area contributed by atoms with Gasteiger partial charge in [-0.3, -0.25) is 13.6 Å². The van der Waals surface area contributed by atoms with Gasteiger partial charge in [0.1, 0.15) is 0 Å². The molecule has 5 heteroatoms. The molecule has 0 unspecified atom stereocenters. The molecular formula is C30H21BF2N2. The van der Waals surface area contributed by atoms with Crippen LogP contribution in [0.15, 0.2) is 114 Å². The van der Waals surface area contributed by atoms with Gasteiger partial charge in [-0.15, -0.1) is 0 Å². The van der Waals surface area contributed by atoms with E-state index in [4.69, 9.17) is 0 Å². The molecular weight excluding hydrogens is 437 g/mol. The van der Waals surface area contributed by atoms with Crippen LogP contribution in [0.3, 0.4) is 0 Å². The molecule has 0 atom stereocenters. The number of allylic oxidation sites excluding steroid dienone is 2. The van der Waals surface area contributed by atoms with E-state index in [1.165, 1.54) is 38.9 Å². The molecule has 2 nitrogen and oxygen atoms in total. The molecule has 4 aromatic carbocycles. The van der Waals surface area contributed by atoms with Crippen LogP contribution in [0, 0.1) is 6.92 Å². The first-order chi connectivity index (χ1) is 17.1. The normalized spacial score (nSPS) is 14.3. The van der Waals surface area contributed by atoms with E-state index < -0.39 is 7.40 Å². The molecule has 0 bridgehead atoms. The molecule has 0 amide bonds. The van der Waals surface area contributed by atoms with Crippen LogP contribution >= 0.6 is 0 Å². The smallest absolute Gasteiger partial charge is 0.332 e. The number of aryl methyl sites for hydroxylation is 1. The average Bonchev–Trinajstić information content (AvgIpc) is 3.59. The fourth-order valence-corrected chi connectivity index (χ4v) is 5.11. The lowest BCUT2D eigenvalue weighted by molar-refractivity contribution is 0.628. The lowest BCUT2D eigenvalue weighted by Gasteiger charge is -2.16. The van der Waals surface area contributed by atoms with Gasteiger partial charge in [0.25, 0.3) is 0 Å². The largest absolute Gasteiger partial charge is 0.677 e. The van der Waals surface area contributed by atoms with Crippen LogP contribution in [0.25, 0.3) is 38.2 Å². The van der Waals surface area contributed by atoms with Crippen molar-refractivity contribution in [2.24, 2.45) is 4.99 Å². The molecule has 1 aromatic heterocycles. The summed E-state index contributed by atoms with van der Waals surface area (Å²) in [5.74, 6) is 0. The molecule has 0 saturated carbocycles. The number of aliphatic imine (C=N–C) groups is 1. The molecule has 0 fully saturated rings. The van der Waals surface area contributed by atoms with Gasteiger partial charge in [-0.1, -0.05) is 72.8 Å². The van der Waals surface area contributed by atoms with Crippen LogP contribution in [-0.2, 0) is 0 Å². The first-order valence-electron chi connectivity index (χ1n) is 11.5. The maximum Gasteiger partial charge on any atom is 0.677 e. The van der Waals surface area contributed by atoms with E-state index in [-0.39, 0.29) is 0 Å². The van der Waals surface area contributed by atoms with E-state index in [1.54, 1.807) is 18.3 Å². The number of nitrogens with zero attached hydrogens (tertiary/aromatic N) is 2. The van der Waals surface area contributed by atoms with Crippen LogP contribution in [0.4, 0.5) is 8.63 Å². The van der Waals surface area contributed by atoms with Crippen molar-refractivity contribution in [2.45, 2.75) is 6.92 Å². The molecule has 0 N–H and O–H groups in total. The van der Waals surface area contributed by atoms with Crippen LogP contribution in [-0.4, -0.2) is 18.1 Å². The predicted octanol–water partition coefficient (Wildman–Crippen LogP) is 7.94. The summed E-state index contributed by atoms with van der Waals surface area (Å²) >= 11 is 0. The molecule has 6 rings (SSSR count). The summed E-state index contributed by atoms with van der Waals surface area (Å²) in [5.41, 5.74) is 6.17. The number of rotatable bonds is 4. The third kappa shape index (κ3) is 3.51. The zero-order chi connectivity index (χ0) is 23.9. The Morgan fingerprint density at radius 3 is 1.97 bits per heavy atom. The highest BCUT2D eigenvalue weighted by atomic mass is 19.2. The molecule has 1 aliphatic heterocycles. The fraction of sp³-hybridized carbons (Fsp3) is 0.0333. The van der Waals surface area contributed by atoms with Gasteiger partial charge < -0.3 is 4.48 Å². The highest BCUT2D eigenvalue weighted by Crippen LogP contribution is 2.40. The van der Waals surface area contributed by atoms with Crippen LogP contribution in [0.1, 0.15) is 16.8 Å². The Kier molecular flexibility index (Phi) is 5.18. The van der Waals surface area contributed by atoms with Crippen molar-refractivity contribution in [3.63, 3.8) is 0 Å². The van der Waals surface area contributed by atoms with Crippen molar-refractivity contribution in [3.8, 4) is 11.1 Å². The van der Waals surface area contributed by atoms with E-state index in [0.29, 0.717) is 17.0 Å². The first kappa shape index (κ1) is 21.3. The lowest BCUT2D eigenvalue weighted by Crippen LogP contribution is -2.15. The third-order valence-electron chi connectivity index (χ3n) is 6.72. The summed E-state index contributed by atoms with van der Waals surface area (Å²) in [6.45, 7) is 2.17. The van der Waals surface area contributed by atoms with Crippen molar-refractivity contribution >= 4 is 40.7 Å². The van der Waals surface area contributed by atoms with E-state index in [0.717, 1.165) is 15.6 Å². The quantitative estimate of drug-likeness (QED) is 0.192. The lowest BCUT2D eigenvalue weighted by atomic mass is 9.88. The van der Waals surface area contributed by atoms with Gasteiger partial charge in [0.15, 0.2) is 0 Å². The highest BCUT2D eigenvalue weighted by molar-refractivity contribution is 6.41. The number of hydrogen-bond acceptors (Lipinski definition) is 1. The number of aromatic nitrogens is 1. The van der Waals surface area contributed by atoms with Gasteiger partial charge in [-0.2, -0.15) is 0 Å². The summed E-state index contributed by atoms with van der Waals surface area (Å²) in [6, 6.07) is 28.5. The second-order valence-electron chi connectivity index (χ2n) is 8.64.